The Morgan fingerprint density at radius 1 is 1.05 bits per heavy atom. The predicted molar refractivity (Wildman–Crippen MR) is 69.0 cm³/mol. The van der Waals surface area contributed by atoms with Crippen molar-refractivity contribution in [2.45, 2.75) is 6.92 Å². The number of ketones is 1. The van der Waals surface area contributed by atoms with Crippen molar-refractivity contribution in [3.05, 3.63) is 64.1 Å². The number of benzene rings is 1. The van der Waals surface area contributed by atoms with Gasteiger partial charge in [-0.1, -0.05) is 0 Å². The summed E-state index contributed by atoms with van der Waals surface area (Å²) in [5.41, 5.74) is 0.642. The molecule has 0 amide bonds. The lowest BCUT2D eigenvalue weighted by atomic mass is 10.1. The van der Waals surface area contributed by atoms with Crippen LogP contribution in [0.3, 0.4) is 0 Å². The molecule has 0 saturated heterocycles. The Kier molecular flexibility index (Phi) is 3.29. The fourth-order valence-corrected chi connectivity index (χ4v) is 1.68. The molecule has 1 heterocycles. The second kappa shape index (κ2) is 4.89. The summed E-state index contributed by atoms with van der Waals surface area (Å²) in [6.07, 6.45) is 1.40. The minimum absolute atomic E-state index is 0.0541. The third kappa shape index (κ3) is 2.60. The fraction of sp³-hybridized carbons (Fsp3) is 0.0714. The summed E-state index contributed by atoms with van der Waals surface area (Å²) in [6.45, 7) is 1.46. The number of pyridine rings is 1. The van der Waals surface area contributed by atoms with E-state index >= 15 is 0 Å². The van der Waals surface area contributed by atoms with Crippen LogP contribution in [0.1, 0.15) is 27.6 Å². The fourth-order valence-electron chi connectivity index (χ4n) is 1.68. The van der Waals surface area contributed by atoms with Crippen molar-refractivity contribution in [1.82, 2.24) is 4.57 Å². The van der Waals surface area contributed by atoms with Gasteiger partial charge in [-0.25, -0.2) is 4.79 Å². The van der Waals surface area contributed by atoms with E-state index in [1.807, 2.05) is 0 Å². The molecule has 0 aliphatic heterocycles. The maximum atomic E-state index is 11.8. The molecule has 5 nitrogen and oxygen atoms in total. The molecule has 0 spiro atoms. The summed E-state index contributed by atoms with van der Waals surface area (Å²) in [4.78, 5) is 33.7. The zero-order valence-electron chi connectivity index (χ0n) is 10.2. The normalized spacial score (nSPS) is 10.2. The highest BCUT2D eigenvalue weighted by atomic mass is 16.4. The third-order valence-electron chi connectivity index (χ3n) is 2.72. The minimum Gasteiger partial charge on any atom is -0.478 e. The Morgan fingerprint density at radius 2 is 1.68 bits per heavy atom. The molecule has 0 fully saturated rings. The smallest absolute Gasteiger partial charge is 0.335 e. The van der Waals surface area contributed by atoms with Crippen LogP contribution in [-0.2, 0) is 0 Å². The van der Waals surface area contributed by atoms with Crippen molar-refractivity contribution in [3.8, 4) is 5.69 Å². The maximum Gasteiger partial charge on any atom is 0.335 e. The standard InChI is InChI=1S/C14H11NO4/c1-9(16)10-2-4-12(5-3-10)15-7-6-11(14(18)19)8-13(15)17/h2-8H,1H3,(H,18,19). The van der Waals surface area contributed by atoms with Crippen LogP contribution in [0.25, 0.3) is 5.69 Å². The molecule has 0 radical (unpaired) electrons. The lowest BCUT2D eigenvalue weighted by Crippen LogP contribution is -2.18. The molecule has 1 N–H and O–H groups in total. The van der Waals surface area contributed by atoms with E-state index in [0.29, 0.717) is 11.3 Å². The highest BCUT2D eigenvalue weighted by Gasteiger charge is 2.06. The number of rotatable bonds is 3. The summed E-state index contributed by atoms with van der Waals surface area (Å²) in [5.74, 6) is -1.20. The number of carbonyl (C=O) groups excluding carboxylic acids is 1. The van der Waals surface area contributed by atoms with Crippen LogP contribution >= 0.6 is 0 Å². The average Bonchev–Trinajstić information content (AvgIpc) is 2.38. The number of carboxylic acid groups (broad SMARTS) is 1. The Bertz CT molecular complexity index is 698. The van der Waals surface area contributed by atoms with E-state index in [9.17, 15) is 14.4 Å². The monoisotopic (exact) mass is 257 g/mol. The summed E-state index contributed by atoms with van der Waals surface area (Å²) < 4.78 is 1.32. The van der Waals surface area contributed by atoms with Crippen molar-refractivity contribution in [2.24, 2.45) is 0 Å². The number of hydrogen-bond donors (Lipinski definition) is 1. The van der Waals surface area contributed by atoms with Gasteiger partial charge in [-0.2, -0.15) is 0 Å². The minimum atomic E-state index is -1.14. The van der Waals surface area contributed by atoms with Gasteiger partial charge in [0.2, 0.25) is 0 Å². The lowest BCUT2D eigenvalue weighted by Gasteiger charge is -2.06. The topological polar surface area (TPSA) is 76.4 Å². The van der Waals surface area contributed by atoms with Crippen LogP contribution < -0.4 is 5.56 Å². The summed E-state index contributed by atoms with van der Waals surface area (Å²) in [7, 11) is 0. The Morgan fingerprint density at radius 3 is 2.16 bits per heavy atom. The van der Waals surface area contributed by atoms with Gasteiger partial charge in [0, 0.05) is 23.5 Å². The second-order valence-electron chi connectivity index (χ2n) is 4.03. The Balaban J connectivity index is 2.45. The number of aromatic nitrogens is 1. The molecule has 19 heavy (non-hydrogen) atoms. The predicted octanol–water partition coefficient (Wildman–Crippen LogP) is 1.74. The number of carbonyl (C=O) groups is 2. The number of Topliss-reactive ketones (excluding diaryl/α,β-unsaturated/α-hetero) is 1. The van der Waals surface area contributed by atoms with Gasteiger partial charge in [-0.05, 0) is 37.3 Å². The van der Waals surface area contributed by atoms with E-state index in [-0.39, 0.29) is 11.3 Å². The molecule has 1 aromatic heterocycles. The Hall–Kier alpha value is -2.69. The van der Waals surface area contributed by atoms with Crippen molar-refractivity contribution in [3.63, 3.8) is 0 Å². The SMILES string of the molecule is CC(=O)c1ccc(-n2ccc(C(=O)O)cc2=O)cc1. The van der Waals surface area contributed by atoms with Crippen LogP contribution in [0.2, 0.25) is 0 Å². The van der Waals surface area contributed by atoms with Crippen LogP contribution in [0.5, 0.6) is 0 Å². The second-order valence-corrected chi connectivity index (χ2v) is 4.03. The van der Waals surface area contributed by atoms with Crippen molar-refractivity contribution in [2.75, 3.05) is 0 Å². The van der Waals surface area contributed by atoms with Crippen molar-refractivity contribution in [1.29, 1.82) is 0 Å². The molecule has 2 rings (SSSR count). The van der Waals surface area contributed by atoms with E-state index in [1.165, 1.54) is 23.8 Å². The highest BCUT2D eigenvalue weighted by Crippen LogP contribution is 2.09. The first kappa shape index (κ1) is 12.8. The third-order valence-corrected chi connectivity index (χ3v) is 2.72. The van der Waals surface area contributed by atoms with E-state index in [0.717, 1.165) is 6.07 Å². The Labute approximate surface area is 108 Å². The lowest BCUT2D eigenvalue weighted by molar-refractivity contribution is 0.0696. The van der Waals surface area contributed by atoms with E-state index in [2.05, 4.69) is 0 Å². The highest BCUT2D eigenvalue weighted by molar-refractivity contribution is 5.94. The average molecular weight is 257 g/mol. The molecule has 0 aliphatic rings. The molecule has 2 aromatic rings. The van der Waals surface area contributed by atoms with E-state index < -0.39 is 11.5 Å². The summed E-state index contributed by atoms with van der Waals surface area (Å²) in [5, 5.41) is 8.78. The van der Waals surface area contributed by atoms with Gasteiger partial charge in [0.15, 0.2) is 5.78 Å². The number of aromatic carboxylic acids is 1. The first-order valence-corrected chi connectivity index (χ1v) is 5.56. The molecule has 1 aromatic carbocycles. The van der Waals surface area contributed by atoms with Crippen molar-refractivity contribution < 1.29 is 14.7 Å². The van der Waals surface area contributed by atoms with Gasteiger partial charge in [0.1, 0.15) is 0 Å². The molecule has 0 aliphatic carbocycles. The van der Waals surface area contributed by atoms with Gasteiger partial charge < -0.3 is 5.11 Å². The van der Waals surface area contributed by atoms with Gasteiger partial charge in [0.25, 0.3) is 5.56 Å². The molecular weight excluding hydrogens is 246 g/mol. The van der Waals surface area contributed by atoms with E-state index in [4.69, 9.17) is 5.11 Å². The summed E-state index contributed by atoms with van der Waals surface area (Å²) >= 11 is 0. The molecule has 0 unspecified atom stereocenters. The molecular formula is C14H11NO4. The molecule has 0 bridgehead atoms. The summed E-state index contributed by atoms with van der Waals surface area (Å²) in [6, 6.07) is 8.92. The number of hydrogen-bond acceptors (Lipinski definition) is 3. The van der Waals surface area contributed by atoms with Crippen LogP contribution in [0.4, 0.5) is 0 Å². The van der Waals surface area contributed by atoms with E-state index in [1.54, 1.807) is 24.3 Å². The molecule has 96 valence electrons. The quantitative estimate of drug-likeness (QED) is 0.850. The number of nitrogens with zero attached hydrogens (tertiary/aromatic N) is 1. The van der Waals surface area contributed by atoms with Crippen LogP contribution in [0, 0.1) is 0 Å². The van der Waals surface area contributed by atoms with Gasteiger partial charge in [-0.3, -0.25) is 14.2 Å². The largest absolute Gasteiger partial charge is 0.478 e. The first-order chi connectivity index (χ1) is 8.99. The van der Waals surface area contributed by atoms with Gasteiger partial charge >= 0.3 is 5.97 Å². The van der Waals surface area contributed by atoms with Gasteiger partial charge in [0.05, 0.1) is 5.56 Å². The van der Waals surface area contributed by atoms with Crippen LogP contribution in [-0.4, -0.2) is 21.4 Å². The van der Waals surface area contributed by atoms with Gasteiger partial charge in [-0.15, -0.1) is 0 Å². The maximum absolute atomic E-state index is 11.8. The number of carboxylic acids is 1. The zero-order valence-corrected chi connectivity index (χ0v) is 10.2. The van der Waals surface area contributed by atoms with Crippen LogP contribution in [0.15, 0.2) is 47.4 Å². The molecule has 0 saturated carbocycles. The molecule has 5 heteroatoms. The zero-order chi connectivity index (χ0) is 14.0. The first-order valence-electron chi connectivity index (χ1n) is 5.56. The molecule has 0 atom stereocenters. The van der Waals surface area contributed by atoms with Crippen molar-refractivity contribution >= 4 is 11.8 Å².